The van der Waals surface area contributed by atoms with Crippen molar-refractivity contribution >= 4 is 17.5 Å². The number of carbonyl (C=O) groups is 2. The highest BCUT2D eigenvalue weighted by Gasteiger charge is 2.22. The lowest BCUT2D eigenvalue weighted by Crippen LogP contribution is -2.27. The van der Waals surface area contributed by atoms with E-state index in [2.05, 4.69) is 5.32 Å². The predicted molar refractivity (Wildman–Crippen MR) is 82.6 cm³/mol. The van der Waals surface area contributed by atoms with Crippen LogP contribution in [0.2, 0.25) is 0 Å². The maximum Gasteiger partial charge on any atom is 0.251 e. The number of anilines is 1. The fourth-order valence-corrected chi connectivity index (χ4v) is 2.62. The number of amides is 2. The van der Waals surface area contributed by atoms with E-state index in [1.807, 2.05) is 19.1 Å². The van der Waals surface area contributed by atoms with Crippen molar-refractivity contribution in [2.24, 2.45) is 0 Å². The standard InChI is InChI=1S/C17H18N2O3/c1-12(15-7-4-10-22-15)18-17(21)13-5-2-6-14(11-13)19-9-3-8-16(19)20/h2,4-7,10-12H,3,8-9H2,1H3,(H,18,21)/t12-/m1/s1. The van der Waals surface area contributed by atoms with Crippen LogP contribution >= 0.6 is 0 Å². The number of rotatable bonds is 4. The Hall–Kier alpha value is -2.56. The number of nitrogens with one attached hydrogen (secondary N) is 1. The maximum atomic E-state index is 12.3. The summed E-state index contributed by atoms with van der Waals surface area (Å²) in [7, 11) is 0. The molecule has 0 spiro atoms. The molecule has 1 N–H and O–H groups in total. The van der Waals surface area contributed by atoms with E-state index in [9.17, 15) is 9.59 Å². The van der Waals surface area contributed by atoms with Crippen molar-refractivity contribution in [2.45, 2.75) is 25.8 Å². The molecule has 0 radical (unpaired) electrons. The molecule has 1 aromatic heterocycles. The van der Waals surface area contributed by atoms with Crippen LogP contribution in [0.1, 0.15) is 41.9 Å². The van der Waals surface area contributed by atoms with Gasteiger partial charge in [0.25, 0.3) is 5.91 Å². The lowest BCUT2D eigenvalue weighted by molar-refractivity contribution is -0.117. The summed E-state index contributed by atoms with van der Waals surface area (Å²) < 4.78 is 5.28. The number of carbonyl (C=O) groups excluding carboxylic acids is 2. The molecule has 0 bridgehead atoms. The third-order valence-corrected chi connectivity index (χ3v) is 3.81. The molecule has 0 aliphatic carbocycles. The second-order valence-corrected chi connectivity index (χ2v) is 5.41. The van der Waals surface area contributed by atoms with E-state index in [1.165, 1.54) is 0 Å². The molecule has 2 amide bonds. The number of hydrogen-bond donors (Lipinski definition) is 1. The lowest BCUT2D eigenvalue weighted by atomic mass is 10.1. The van der Waals surface area contributed by atoms with Crippen LogP contribution in [0.25, 0.3) is 0 Å². The van der Waals surface area contributed by atoms with E-state index in [0.29, 0.717) is 24.3 Å². The van der Waals surface area contributed by atoms with Crippen molar-refractivity contribution in [3.05, 3.63) is 54.0 Å². The van der Waals surface area contributed by atoms with Crippen molar-refractivity contribution in [1.82, 2.24) is 5.32 Å². The summed E-state index contributed by atoms with van der Waals surface area (Å²) in [5.41, 5.74) is 1.32. The fraction of sp³-hybridized carbons (Fsp3) is 0.294. The topological polar surface area (TPSA) is 62.6 Å². The van der Waals surface area contributed by atoms with E-state index < -0.39 is 0 Å². The zero-order valence-corrected chi connectivity index (χ0v) is 12.4. The minimum absolute atomic E-state index is 0.113. The summed E-state index contributed by atoms with van der Waals surface area (Å²) in [6.45, 7) is 2.58. The zero-order chi connectivity index (χ0) is 15.5. The van der Waals surface area contributed by atoms with Gasteiger partial charge in [-0.2, -0.15) is 0 Å². The van der Waals surface area contributed by atoms with Crippen molar-refractivity contribution < 1.29 is 14.0 Å². The molecule has 2 aromatic rings. The largest absolute Gasteiger partial charge is 0.467 e. The summed E-state index contributed by atoms with van der Waals surface area (Å²) in [5, 5.41) is 2.89. The Balaban J connectivity index is 1.74. The van der Waals surface area contributed by atoms with Crippen LogP contribution in [-0.4, -0.2) is 18.4 Å². The first-order valence-electron chi connectivity index (χ1n) is 7.40. The maximum absolute atomic E-state index is 12.3. The molecule has 114 valence electrons. The van der Waals surface area contributed by atoms with Gasteiger partial charge in [0.05, 0.1) is 12.3 Å². The third kappa shape index (κ3) is 2.88. The molecular formula is C17H18N2O3. The Labute approximate surface area is 128 Å². The number of hydrogen-bond acceptors (Lipinski definition) is 3. The van der Waals surface area contributed by atoms with Gasteiger partial charge >= 0.3 is 0 Å². The van der Waals surface area contributed by atoms with Crippen molar-refractivity contribution in [3.63, 3.8) is 0 Å². The van der Waals surface area contributed by atoms with E-state index >= 15 is 0 Å². The molecule has 1 atom stereocenters. The Morgan fingerprint density at radius 1 is 1.32 bits per heavy atom. The van der Waals surface area contributed by atoms with Crippen LogP contribution in [0.3, 0.4) is 0 Å². The van der Waals surface area contributed by atoms with E-state index in [1.54, 1.807) is 35.4 Å². The highest BCUT2D eigenvalue weighted by molar-refractivity contribution is 5.99. The Bertz CT molecular complexity index is 679. The second kappa shape index (κ2) is 6.05. The molecule has 2 heterocycles. The summed E-state index contributed by atoms with van der Waals surface area (Å²) in [6.07, 6.45) is 3.02. The van der Waals surface area contributed by atoms with Gasteiger partial charge in [-0.25, -0.2) is 0 Å². The van der Waals surface area contributed by atoms with Gasteiger partial charge in [-0.1, -0.05) is 6.07 Å². The third-order valence-electron chi connectivity index (χ3n) is 3.81. The number of furan rings is 1. The summed E-state index contributed by atoms with van der Waals surface area (Å²) in [4.78, 5) is 25.9. The fourth-order valence-electron chi connectivity index (χ4n) is 2.62. The van der Waals surface area contributed by atoms with Crippen LogP contribution in [0.15, 0.2) is 47.1 Å². The average Bonchev–Trinajstić information content (AvgIpc) is 3.18. The minimum Gasteiger partial charge on any atom is -0.467 e. The van der Waals surface area contributed by atoms with Crippen molar-refractivity contribution in [2.75, 3.05) is 11.4 Å². The van der Waals surface area contributed by atoms with Gasteiger partial charge in [0.1, 0.15) is 5.76 Å². The molecule has 5 heteroatoms. The molecule has 22 heavy (non-hydrogen) atoms. The molecule has 1 aliphatic rings. The van der Waals surface area contributed by atoms with E-state index in [4.69, 9.17) is 4.42 Å². The van der Waals surface area contributed by atoms with Gasteiger partial charge < -0.3 is 14.6 Å². The minimum atomic E-state index is -0.209. The smallest absolute Gasteiger partial charge is 0.251 e. The van der Waals surface area contributed by atoms with E-state index in [0.717, 1.165) is 12.1 Å². The van der Waals surface area contributed by atoms with Crippen LogP contribution in [0.5, 0.6) is 0 Å². The molecular weight excluding hydrogens is 280 g/mol. The van der Waals surface area contributed by atoms with Crippen molar-refractivity contribution in [1.29, 1.82) is 0 Å². The molecule has 1 aliphatic heterocycles. The molecule has 3 rings (SSSR count). The summed E-state index contributed by atoms with van der Waals surface area (Å²) >= 11 is 0. The van der Waals surface area contributed by atoms with Crippen LogP contribution in [0.4, 0.5) is 5.69 Å². The van der Waals surface area contributed by atoms with Gasteiger partial charge in [-0.15, -0.1) is 0 Å². The highest BCUT2D eigenvalue weighted by Crippen LogP contribution is 2.22. The molecule has 1 aromatic carbocycles. The average molecular weight is 298 g/mol. The van der Waals surface area contributed by atoms with Crippen molar-refractivity contribution in [3.8, 4) is 0 Å². The van der Waals surface area contributed by atoms with Crippen LogP contribution < -0.4 is 10.2 Å². The highest BCUT2D eigenvalue weighted by atomic mass is 16.3. The van der Waals surface area contributed by atoms with Gasteiger partial charge in [0.15, 0.2) is 0 Å². The quantitative estimate of drug-likeness (QED) is 0.944. The summed E-state index contributed by atoms with van der Waals surface area (Å²) in [6, 6.07) is 10.6. The lowest BCUT2D eigenvalue weighted by Gasteiger charge is -2.17. The first-order valence-corrected chi connectivity index (χ1v) is 7.40. The number of nitrogens with zero attached hydrogens (tertiary/aromatic N) is 1. The van der Waals surface area contributed by atoms with Crippen LogP contribution in [-0.2, 0) is 4.79 Å². The Morgan fingerprint density at radius 2 is 2.18 bits per heavy atom. The van der Waals surface area contributed by atoms with E-state index in [-0.39, 0.29) is 17.9 Å². The van der Waals surface area contributed by atoms with Crippen LogP contribution in [0, 0.1) is 0 Å². The molecule has 1 saturated heterocycles. The molecule has 5 nitrogen and oxygen atoms in total. The first kappa shape index (κ1) is 14.4. The van der Waals surface area contributed by atoms with Gasteiger partial charge in [-0.05, 0) is 43.7 Å². The molecule has 1 fully saturated rings. The monoisotopic (exact) mass is 298 g/mol. The van der Waals surface area contributed by atoms with Gasteiger partial charge in [-0.3, -0.25) is 9.59 Å². The predicted octanol–water partition coefficient (Wildman–Crippen LogP) is 2.90. The Morgan fingerprint density at radius 3 is 2.86 bits per heavy atom. The van der Waals surface area contributed by atoms with Gasteiger partial charge in [0, 0.05) is 24.2 Å². The summed E-state index contributed by atoms with van der Waals surface area (Å²) in [5.74, 6) is 0.637. The SMILES string of the molecule is C[C@@H](NC(=O)c1cccc(N2CCCC2=O)c1)c1ccco1. The second-order valence-electron chi connectivity index (χ2n) is 5.41. The molecule has 0 unspecified atom stereocenters. The number of benzene rings is 1. The molecule has 0 saturated carbocycles. The zero-order valence-electron chi connectivity index (χ0n) is 12.4. The Kier molecular flexibility index (Phi) is 3.96. The first-order chi connectivity index (χ1) is 10.6. The normalized spacial score (nSPS) is 15.9. The van der Waals surface area contributed by atoms with Gasteiger partial charge in [0.2, 0.25) is 5.91 Å².